The summed E-state index contributed by atoms with van der Waals surface area (Å²) < 4.78 is 0. The fraction of sp³-hybridized carbons (Fsp3) is 0.294. The summed E-state index contributed by atoms with van der Waals surface area (Å²) >= 11 is 0. The summed E-state index contributed by atoms with van der Waals surface area (Å²) in [6, 6.07) is 14.6. The van der Waals surface area contributed by atoms with Crippen LogP contribution in [0.25, 0.3) is 0 Å². The van der Waals surface area contributed by atoms with Crippen LogP contribution >= 0.6 is 0 Å². The number of hydrogen-bond donors (Lipinski definition) is 1. The first-order chi connectivity index (χ1) is 9.09. The van der Waals surface area contributed by atoms with Crippen LogP contribution in [0, 0.1) is 13.8 Å². The minimum Gasteiger partial charge on any atom is -0.397 e. The van der Waals surface area contributed by atoms with Crippen LogP contribution in [0.5, 0.6) is 0 Å². The monoisotopic (exact) mass is 254 g/mol. The predicted octanol–water partition coefficient (Wildman–Crippen LogP) is 3.56. The lowest BCUT2D eigenvalue weighted by Crippen LogP contribution is -2.22. The molecule has 2 nitrogen and oxygen atoms in total. The van der Waals surface area contributed by atoms with E-state index < -0.39 is 0 Å². The maximum absolute atomic E-state index is 6.08. The van der Waals surface area contributed by atoms with Crippen molar-refractivity contribution >= 4 is 11.4 Å². The molecule has 2 rings (SSSR count). The maximum Gasteiger partial charge on any atom is 0.0627 e. The Morgan fingerprint density at radius 3 is 2.32 bits per heavy atom. The Kier molecular flexibility index (Phi) is 4.10. The summed E-state index contributed by atoms with van der Waals surface area (Å²) in [6.45, 7) is 5.24. The van der Waals surface area contributed by atoms with Crippen molar-refractivity contribution in [3.05, 3.63) is 59.2 Å². The Hall–Kier alpha value is -1.96. The van der Waals surface area contributed by atoms with Crippen molar-refractivity contribution in [2.45, 2.75) is 20.3 Å². The van der Waals surface area contributed by atoms with Gasteiger partial charge in [0.2, 0.25) is 0 Å². The van der Waals surface area contributed by atoms with Gasteiger partial charge in [-0.05, 0) is 43.0 Å². The molecule has 0 amide bonds. The molecule has 0 fully saturated rings. The highest BCUT2D eigenvalue weighted by Crippen LogP contribution is 2.26. The molecule has 0 aromatic heterocycles. The molecule has 0 spiro atoms. The molecule has 0 aliphatic heterocycles. The Balaban J connectivity index is 2.10. The van der Waals surface area contributed by atoms with Gasteiger partial charge in [-0.1, -0.05) is 36.4 Å². The van der Waals surface area contributed by atoms with Gasteiger partial charge >= 0.3 is 0 Å². The second kappa shape index (κ2) is 5.79. The SMILES string of the molecule is Cc1ccccc1CCN(C)c1c(C)cccc1N. The van der Waals surface area contributed by atoms with Gasteiger partial charge in [-0.15, -0.1) is 0 Å². The minimum absolute atomic E-state index is 0.854. The van der Waals surface area contributed by atoms with Crippen molar-refractivity contribution in [2.75, 3.05) is 24.2 Å². The third-order valence-corrected chi connectivity index (χ3v) is 3.63. The van der Waals surface area contributed by atoms with Crippen LogP contribution in [0.15, 0.2) is 42.5 Å². The van der Waals surface area contributed by atoms with E-state index in [4.69, 9.17) is 5.73 Å². The first-order valence-corrected chi connectivity index (χ1v) is 6.70. The molecule has 2 N–H and O–H groups in total. The van der Waals surface area contributed by atoms with E-state index in [1.807, 2.05) is 12.1 Å². The van der Waals surface area contributed by atoms with Crippen molar-refractivity contribution in [3.8, 4) is 0 Å². The molecule has 0 aliphatic carbocycles. The predicted molar refractivity (Wildman–Crippen MR) is 83.7 cm³/mol. The van der Waals surface area contributed by atoms with E-state index in [9.17, 15) is 0 Å². The molecular weight excluding hydrogens is 232 g/mol. The van der Waals surface area contributed by atoms with Crippen LogP contribution < -0.4 is 10.6 Å². The summed E-state index contributed by atoms with van der Waals surface area (Å²) in [5.41, 5.74) is 12.1. The molecule has 2 aromatic carbocycles. The highest BCUT2D eigenvalue weighted by Gasteiger charge is 2.08. The standard InChI is InChI=1S/C17H22N2/c1-13-7-4-5-9-15(13)11-12-19(3)17-14(2)8-6-10-16(17)18/h4-10H,11-12,18H2,1-3H3. The van der Waals surface area contributed by atoms with Gasteiger partial charge in [0, 0.05) is 13.6 Å². The largest absolute Gasteiger partial charge is 0.397 e. The molecule has 2 aromatic rings. The van der Waals surface area contributed by atoms with E-state index in [2.05, 4.69) is 56.1 Å². The molecule has 0 unspecified atom stereocenters. The summed E-state index contributed by atoms with van der Waals surface area (Å²) in [5.74, 6) is 0. The fourth-order valence-corrected chi connectivity index (χ4v) is 2.49. The molecule has 0 aliphatic rings. The quantitative estimate of drug-likeness (QED) is 0.845. The third-order valence-electron chi connectivity index (χ3n) is 3.63. The molecule has 0 atom stereocenters. The van der Waals surface area contributed by atoms with Gasteiger partial charge < -0.3 is 10.6 Å². The van der Waals surface area contributed by atoms with Crippen LogP contribution in [0.4, 0.5) is 11.4 Å². The lowest BCUT2D eigenvalue weighted by Gasteiger charge is -2.23. The summed E-state index contributed by atoms with van der Waals surface area (Å²) in [6.07, 6.45) is 1.04. The summed E-state index contributed by atoms with van der Waals surface area (Å²) in [4.78, 5) is 2.25. The zero-order valence-corrected chi connectivity index (χ0v) is 12.0. The van der Waals surface area contributed by atoms with Crippen LogP contribution in [0.1, 0.15) is 16.7 Å². The van der Waals surface area contributed by atoms with Gasteiger partial charge in [0.05, 0.1) is 11.4 Å². The molecule has 0 saturated carbocycles. The van der Waals surface area contributed by atoms with Gasteiger partial charge in [0.1, 0.15) is 0 Å². The second-order valence-corrected chi connectivity index (χ2v) is 5.11. The number of likely N-dealkylation sites (N-methyl/N-ethyl adjacent to an activating group) is 1. The third kappa shape index (κ3) is 3.08. The summed E-state index contributed by atoms with van der Waals surface area (Å²) in [5, 5.41) is 0. The van der Waals surface area contributed by atoms with E-state index in [0.717, 1.165) is 24.3 Å². The maximum atomic E-state index is 6.08. The smallest absolute Gasteiger partial charge is 0.0627 e. The first-order valence-electron chi connectivity index (χ1n) is 6.70. The van der Waals surface area contributed by atoms with Crippen molar-refractivity contribution in [2.24, 2.45) is 0 Å². The topological polar surface area (TPSA) is 29.3 Å². The molecule has 100 valence electrons. The molecular formula is C17H22N2. The van der Waals surface area contributed by atoms with Crippen LogP contribution in [-0.4, -0.2) is 13.6 Å². The first kappa shape index (κ1) is 13.5. The van der Waals surface area contributed by atoms with Gasteiger partial charge in [-0.3, -0.25) is 0 Å². The van der Waals surface area contributed by atoms with Crippen molar-refractivity contribution in [1.82, 2.24) is 0 Å². The number of benzene rings is 2. The van der Waals surface area contributed by atoms with Crippen molar-refractivity contribution < 1.29 is 0 Å². The second-order valence-electron chi connectivity index (χ2n) is 5.11. The molecule has 2 heteroatoms. The van der Waals surface area contributed by atoms with Gasteiger partial charge in [-0.2, -0.15) is 0 Å². The number of anilines is 2. The average Bonchev–Trinajstić information content (AvgIpc) is 2.37. The normalized spacial score (nSPS) is 10.5. The van der Waals surface area contributed by atoms with Crippen LogP contribution in [-0.2, 0) is 6.42 Å². The van der Waals surface area contributed by atoms with E-state index in [1.54, 1.807) is 0 Å². The van der Waals surface area contributed by atoms with Crippen LogP contribution in [0.3, 0.4) is 0 Å². The Morgan fingerprint density at radius 2 is 1.63 bits per heavy atom. The number of nitrogens with two attached hydrogens (primary N) is 1. The molecule has 0 saturated heterocycles. The lowest BCUT2D eigenvalue weighted by atomic mass is 10.1. The highest BCUT2D eigenvalue weighted by molar-refractivity contribution is 5.71. The van der Waals surface area contributed by atoms with E-state index >= 15 is 0 Å². The van der Waals surface area contributed by atoms with E-state index in [1.165, 1.54) is 16.7 Å². The van der Waals surface area contributed by atoms with Crippen molar-refractivity contribution in [3.63, 3.8) is 0 Å². The molecule has 19 heavy (non-hydrogen) atoms. The van der Waals surface area contributed by atoms with Crippen molar-refractivity contribution in [1.29, 1.82) is 0 Å². The lowest BCUT2D eigenvalue weighted by molar-refractivity contribution is 0.869. The molecule has 0 heterocycles. The Morgan fingerprint density at radius 1 is 0.947 bits per heavy atom. The molecule has 0 bridgehead atoms. The Labute approximate surface area is 115 Å². The zero-order valence-electron chi connectivity index (χ0n) is 12.0. The molecule has 0 radical (unpaired) electrons. The van der Waals surface area contributed by atoms with E-state index in [-0.39, 0.29) is 0 Å². The average molecular weight is 254 g/mol. The highest BCUT2D eigenvalue weighted by atomic mass is 15.1. The Bertz CT molecular complexity index is 541. The number of nitrogen functional groups attached to an aromatic ring is 1. The van der Waals surface area contributed by atoms with Gasteiger partial charge in [0.25, 0.3) is 0 Å². The fourth-order valence-electron chi connectivity index (χ4n) is 2.49. The van der Waals surface area contributed by atoms with E-state index in [0.29, 0.717) is 0 Å². The van der Waals surface area contributed by atoms with Gasteiger partial charge in [-0.25, -0.2) is 0 Å². The number of aryl methyl sites for hydroxylation is 2. The number of hydrogen-bond acceptors (Lipinski definition) is 2. The number of nitrogens with zero attached hydrogens (tertiary/aromatic N) is 1. The van der Waals surface area contributed by atoms with Crippen LogP contribution in [0.2, 0.25) is 0 Å². The van der Waals surface area contributed by atoms with Gasteiger partial charge in [0.15, 0.2) is 0 Å². The summed E-state index contributed by atoms with van der Waals surface area (Å²) in [7, 11) is 2.11. The number of rotatable bonds is 4. The minimum atomic E-state index is 0.854. The zero-order chi connectivity index (χ0) is 13.8. The number of para-hydroxylation sites is 1.